The summed E-state index contributed by atoms with van der Waals surface area (Å²) < 4.78 is 0. The summed E-state index contributed by atoms with van der Waals surface area (Å²) in [6.45, 7) is 6.14. The van der Waals surface area contributed by atoms with Gasteiger partial charge in [-0.3, -0.25) is 4.90 Å². The van der Waals surface area contributed by atoms with Gasteiger partial charge in [0, 0.05) is 31.2 Å². The fourth-order valence-corrected chi connectivity index (χ4v) is 2.17. The molecule has 1 saturated heterocycles. The molecule has 0 radical (unpaired) electrons. The Morgan fingerprint density at radius 1 is 1.33 bits per heavy atom. The molecule has 86 valence electrons. The molecule has 0 aromatic heterocycles. The van der Waals surface area contributed by atoms with E-state index in [0.29, 0.717) is 6.04 Å². The quantitative estimate of drug-likeness (QED) is 0.729. The fourth-order valence-electron chi connectivity index (χ4n) is 2.17. The van der Waals surface area contributed by atoms with Gasteiger partial charge in [0.25, 0.3) is 0 Å². The lowest BCUT2D eigenvalue weighted by molar-refractivity contribution is 0.233. The van der Waals surface area contributed by atoms with Crippen molar-refractivity contribution in [2.45, 2.75) is 51.2 Å². The summed E-state index contributed by atoms with van der Waals surface area (Å²) in [6, 6.07) is 1.37. The minimum atomic E-state index is -0.0207. The molecule has 2 fully saturated rings. The summed E-state index contributed by atoms with van der Waals surface area (Å²) in [5.74, 6) is 0. The fraction of sp³-hybridized carbons (Fsp3) is 0.909. The molecular formula is C11H21N3O. The van der Waals surface area contributed by atoms with E-state index in [1.165, 1.54) is 12.8 Å². The van der Waals surface area contributed by atoms with Crippen molar-refractivity contribution in [1.82, 2.24) is 15.5 Å². The average Bonchev–Trinajstić information content (AvgIpc) is 2.87. The lowest BCUT2D eigenvalue weighted by Gasteiger charge is -2.17. The minimum absolute atomic E-state index is 0.0207. The Bertz CT molecular complexity index is 238. The lowest BCUT2D eigenvalue weighted by atomic mass is 10.3. The highest BCUT2D eigenvalue weighted by Crippen LogP contribution is 2.29. The molecule has 1 unspecified atom stereocenters. The van der Waals surface area contributed by atoms with Gasteiger partial charge in [-0.05, 0) is 33.1 Å². The van der Waals surface area contributed by atoms with Gasteiger partial charge in [-0.15, -0.1) is 0 Å². The van der Waals surface area contributed by atoms with Gasteiger partial charge in [-0.1, -0.05) is 0 Å². The van der Waals surface area contributed by atoms with Crippen LogP contribution in [-0.2, 0) is 0 Å². The van der Waals surface area contributed by atoms with E-state index in [0.717, 1.165) is 25.6 Å². The third-order valence-corrected chi connectivity index (χ3v) is 3.04. The number of urea groups is 1. The van der Waals surface area contributed by atoms with Crippen LogP contribution in [0.3, 0.4) is 0 Å². The van der Waals surface area contributed by atoms with Crippen LogP contribution in [0.15, 0.2) is 0 Å². The van der Waals surface area contributed by atoms with Crippen molar-refractivity contribution in [2.75, 3.05) is 13.1 Å². The average molecular weight is 211 g/mol. The zero-order valence-electron chi connectivity index (χ0n) is 9.62. The van der Waals surface area contributed by atoms with E-state index in [9.17, 15) is 4.79 Å². The Balaban J connectivity index is 1.69. The third kappa shape index (κ3) is 3.09. The summed E-state index contributed by atoms with van der Waals surface area (Å²) in [5.41, 5.74) is 0. The Kier molecular flexibility index (Phi) is 3.14. The molecule has 1 aliphatic heterocycles. The number of nitrogens with one attached hydrogen (secondary N) is 2. The number of hydrogen-bond acceptors (Lipinski definition) is 2. The van der Waals surface area contributed by atoms with Crippen LogP contribution in [0.1, 0.15) is 33.1 Å². The molecule has 1 aliphatic carbocycles. The van der Waals surface area contributed by atoms with Gasteiger partial charge in [0.1, 0.15) is 0 Å². The van der Waals surface area contributed by atoms with Crippen LogP contribution in [0.25, 0.3) is 0 Å². The molecule has 1 atom stereocenters. The van der Waals surface area contributed by atoms with Crippen LogP contribution in [0.2, 0.25) is 0 Å². The van der Waals surface area contributed by atoms with Crippen LogP contribution in [-0.4, -0.2) is 42.1 Å². The minimum Gasteiger partial charge on any atom is -0.336 e. The first-order valence-corrected chi connectivity index (χ1v) is 5.96. The summed E-state index contributed by atoms with van der Waals surface area (Å²) in [7, 11) is 0. The Hall–Kier alpha value is -0.770. The molecule has 0 aromatic rings. The van der Waals surface area contributed by atoms with Crippen LogP contribution < -0.4 is 10.6 Å². The maximum absolute atomic E-state index is 11.5. The van der Waals surface area contributed by atoms with Crippen LogP contribution in [0.5, 0.6) is 0 Å². The molecule has 2 N–H and O–H groups in total. The maximum atomic E-state index is 11.5. The van der Waals surface area contributed by atoms with Crippen molar-refractivity contribution in [1.29, 1.82) is 0 Å². The second-order valence-electron chi connectivity index (χ2n) is 4.98. The van der Waals surface area contributed by atoms with Crippen molar-refractivity contribution < 1.29 is 4.79 Å². The van der Waals surface area contributed by atoms with E-state index >= 15 is 0 Å². The topological polar surface area (TPSA) is 44.4 Å². The maximum Gasteiger partial charge on any atom is 0.315 e. The molecule has 15 heavy (non-hydrogen) atoms. The number of nitrogens with zero attached hydrogens (tertiary/aromatic N) is 1. The number of carbonyl (C=O) groups is 1. The molecule has 4 nitrogen and oxygen atoms in total. The molecule has 0 bridgehead atoms. The monoisotopic (exact) mass is 211 g/mol. The third-order valence-electron chi connectivity index (χ3n) is 3.04. The largest absolute Gasteiger partial charge is 0.336 e. The predicted molar refractivity (Wildman–Crippen MR) is 59.8 cm³/mol. The predicted octanol–water partition coefficient (Wildman–Crippen LogP) is 0.931. The van der Waals surface area contributed by atoms with Gasteiger partial charge in [0.15, 0.2) is 0 Å². The molecular weight excluding hydrogens is 190 g/mol. The van der Waals surface area contributed by atoms with E-state index in [-0.39, 0.29) is 12.1 Å². The Morgan fingerprint density at radius 2 is 2.07 bits per heavy atom. The molecule has 0 aromatic carbocycles. The van der Waals surface area contributed by atoms with Crippen molar-refractivity contribution >= 4 is 6.03 Å². The summed E-state index contributed by atoms with van der Waals surface area (Å²) >= 11 is 0. The van der Waals surface area contributed by atoms with Gasteiger partial charge in [0.2, 0.25) is 0 Å². The standard InChI is InChI=1S/C11H21N3O/c1-8(2)12-11(15)13-9-5-6-14(7-9)10-3-4-10/h8-10H,3-7H2,1-2H3,(H2,12,13,15). The second kappa shape index (κ2) is 4.39. The van der Waals surface area contributed by atoms with Crippen molar-refractivity contribution in [3.8, 4) is 0 Å². The Morgan fingerprint density at radius 3 is 2.67 bits per heavy atom. The van der Waals surface area contributed by atoms with E-state index < -0.39 is 0 Å². The summed E-state index contributed by atoms with van der Waals surface area (Å²) in [6.07, 6.45) is 3.80. The number of amides is 2. The zero-order valence-corrected chi connectivity index (χ0v) is 9.62. The highest BCUT2D eigenvalue weighted by molar-refractivity contribution is 5.74. The van der Waals surface area contributed by atoms with Crippen LogP contribution in [0.4, 0.5) is 4.79 Å². The number of hydrogen-bond donors (Lipinski definition) is 2. The first kappa shape index (κ1) is 10.7. The first-order valence-electron chi connectivity index (χ1n) is 5.96. The molecule has 2 aliphatic rings. The van der Waals surface area contributed by atoms with Gasteiger partial charge in [-0.25, -0.2) is 4.79 Å². The van der Waals surface area contributed by atoms with Crippen molar-refractivity contribution in [3.05, 3.63) is 0 Å². The van der Waals surface area contributed by atoms with Gasteiger partial charge in [0.05, 0.1) is 0 Å². The highest BCUT2D eigenvalue weighted by atomic mass is 16.2. The summed E-state index contributed by atoms with van der Waals surface area (Å²) in [4.78, 5) is 14.0. The normalized spacial score (nSPS) is 27.0. The smallest absolute Gasteiger partial charge is 0.315 e. The first-order chi connectivity index (χ1) is 7.15. The van der Waals surface area contributed by atoms with Crippen LogP contribution >= 0.6 is 0 Å². The van der Waals surface area contributed by atoms with E-state index in [2.05, 4.69) is 15.5 Å². The van der Waals surface area contributed by atoms with E-state index in [1.54, 1.807) is 0 Å². The van der Waals surface area contributed by atoms with E-state index in [4.69, 9.17) is 0 Å². The molecule has 4 heteroatoms. The number of rotatable bonds is 3. The molecule has 0 spiro atoms. The van der Waals surface area contributed by atoms with Gasteiger partial charge in [-0.2, -0.15) is 0 Å². The van der Waals surface area contributed by atoms with Crippen molar-refractivity contribution in [2.24, 2.45) is 0 Å². The highest BCUT2D eigenvalue weighted by Gasteiger charge is 2.34. The summed E-state index contributed by atoms with van der Waals surface area (Å²) in [5, 5.41) is 5.89. The SMILES string of the molecule is CC(C)NC(=O)NC1CCN(C2CC2)C1. The molecule has 2 amide bonds. The Labute approximate surface area is 91.4 Å². The number of likely N-dealkylation sites (tertiary alicyclic amines) is 1. The second-order valence-corrected chi connectivity index (χ2v) is 4.98. The van der Waals surface area contributed by atoms with Crippen molar-refractivity contribution in [3.63, 3.8) is 0 Å². The molecule has 1 saturated carbocycles. The number of carbonyl (C=O) groups excluding carboxylic acids is 1. The molecule has 1 heterocycles. The molecule has 2 rings (SSSR count). The lowest BCUT2D eigenvalue weighted by Crippen LogP contribution is -2.45. The van der Waals surface area contributed by atoms with Gasteiger partial charge < -0.3 is 10.6 Å². The van der Waals surface area contributed by atoms with E-state index in [1.807, 2.05) is 13.8 Å². The van der Waals surface area contributed by atoms with Gasteiger partial charge >= 0.3 is 6.03 Å². The van der Waals surface area contributed by atoms with Crippen LogP contribution in [0, 0.1) is 0 Å². The zero-order chi connectivity index (χ0) is 10.8.